The number of likely N-dealkylation sites (N-methyl/N-ethyl adjacent to an activating group) is 1. The lowest BCUT2D eigenvalue weighted by atomic mass is 10.00. The van der Waals surface area contributed by atoms with Crippen LogP contribution in [0.15, 0.2) is 53.4 Å². The second-order valence-electron chi connectivity index (χ2n) is 5.32. The number of thiophene rings is 1. The van der Waals surface area contributed by atoms with E-state index in [0.717, 1.165) is 23.3 Å². The Morgan fingerprint density at radius 3 is 2.61 bits per heavy atom. The van der Waals surface area contributed by atoms with E-state index < -0.39 is 0 Å². The first-order chi connectivity index (χ1) is 11.2. The van der Waals surface area contributed by atoms with Crippen LogP contribution in [0.4, 0.5) is 0 Å². The monoisotopic (exact) mass is 324 g/mol. The second kappa shape index (κ2) is 8.30. The Hall–Kier alpha value is -2.38. The summed E-state index contributed by atoms with van der Waals surface area (Å²) in [5.74, 6) is -0.233. The summed E-state index contributed by atoms with van der Waals surface area (Å²) in [7, 11) is 1.77. The Bertz CT molecular complexity index is 699. The van der Waals surface area contributed by atoms with E-state index in [9.17, 15) is 10.1 Å². The summed E-state index contributed by atoms with van der Waals surface area (Å²) in [5, 5.41) is 11.3. The summed E-state index contributed by atoms with van der Waals surface area (Å²) < 4.78 is 0. The number of nitrogens with zero attached hydrogens (tertiary/aromatic N) is 2. The molecule has 4 heteroatoms. The van der Waals surface area contributed by atoms with Gasteiger partial charge in [-0.05, 0) is 29.5 Å². The molecule has 3 nitrogen and oxygen atoms in total. The fourth-order valence-electron chi connectivity index (χ4n) is 2.52. The van der Waals surface area contributed by atoms with Crippen molar-refractivity contribution in [1.82, 2.24) is 4.90 Å². The maximum Gasteiger partial charge on any atom is 0.264 e. The molecule has 1 aromatic heterocycles. The van der Waals surface area contributed by atoms with Gasteiger partial charge in [-0.1, -0.05) is 49.7 Å². The third-order valence-electron chi connectivity index (χ3n) is 3.71. The van der Waals surface area contributed by atoms with Gasteiger partial charge in [0.25, 0.3) is 5.91 Å². The Morgan fingerprint density at radius 2 is 2.04 bits per heavy atom. The first kappa shape index (κ1) is 17.0. The molecular weight excluding hydrogens is 304 g/mol. The van der Waals surface area contributed by atoms with Crippen molar-refractivity contribution in [3.05, 3.63) is 63.9 Å². The zero-order valence-electron chi connectivity index (χ0n) is 13.4. The van der Waals surface area contributed by atoms with Gasteiger partial charge < -0.3 is 4.90 Å². The van der Waals surface area contributed by atoms with Gasteiger partial charge >= 0.3 is 0 Å². The van der Waals surface area contributed by atoms with Crippen molar-refractivity contribution in [2.75, 3.05) is 7.05 Å². The average Bonchev–Trinajstić information content (AvgIpc) is 3.10. The highest BCUT2D eigenvalue weighted by Gasteiger charge is 2.23. The fourth-order valence-corrected chi connectivity index (χ4v) is 3.18. The maximum absolute atomic E-state index is 12.7. The molecule has 0 saturated heterocycles. The Kier molecular flexibility index (Phi) is 6.13. The molecule has 0 aliphatic heterocycles. The lowest BCUT2D eigenvalue weighted by molar-refractivity contribution is -0.127. The fraction of sp³-hybridized carbons (Fsp3) is 0.263. The molecule has 0 aliphatic carbocycles. The number of nitriles is 1. The number of rotatable bonds is 6. The zero-order chi connectivity index (χ0) is 16.7. The quantitative estimate of drug-likeness (QED) is 0.573. The highest BCUT2D eigenvalue weighted by atomic mass is 32.1. The van der Waals surface area contributed by atoms with Crippen LogP contribution in [0.2, 0.25) is 0 Å². The number of amides is 1. The predicted octanol–water partition coefficient (Wildman–Crippen LogP) is 4.65. The third kappa shape index (κ3) is 4.30. The third-order valence-corrected chi connectivity index (χ3v) is 4.53. The van der Waals surface area contributed by atoms with Gasteiger partial charge in [0.2, 0.25) is 0 Å². The SMILES string of the molecule is CCCC(c1ccccc1)N(C)C(=O)/C(C#N)=C/c1cccs1. The number of hydrogen-bond donors (Lipinski definition) is 0. The Labute approximate surface area is 141 Å². The van der Waals surface area contributed by atoms with E-state index in [4.69, 9.17) is 0 Å². The normalized spacial score (nSPS) is 12.5. The van der Waals surface area contributed by atoms with Crippen molar-refractivity contribution in [1.29, 1.82) is 5.26 Å². The van der Waals surface area contributed by atoms with E-state index in [1.54, 1.807) is 18.0 Å². The highest BCUT2D eigenvalue weighted by Crippen LogP contribution is 2.26. The molecule has 23 heavy (non-hydrogen) atoms. The van der Waals surface area contributed by atoms with Crippen LogP contribution in [0, 0.1) is 11.3 Å². The van der Waals surface area contributed by atoms with Crippen molar-refractivity contribution in [3.63, 3.8) is 0 Å². The van der Waals surface area contributed by atoms with Crippen LogP contribution in [0.25, 0.3) is 6.08 Å². The Balaban J connectivity index is 2.26. The molecule has 1 amide bonds. The lowest BCUT2D eigenvalue weighted by Crippen LogP contribution is -2.32. The zero-order valence-corrected chi connectivity index (χ0v) is 14.2. The highest BCUT2D eigenvalue weighted by molar-refractivity contribution is 7.10. The molecule has 0 bridgehead atoms. The van der Waals surface area contributed by atoms with Crippen LogP contribution in [-0.2, 0) is 4.79 Å². The molecule has 2 aromatic rings. The van der Waals surface area contributed by atoms with E-state index in [1.807, 2.05) is 53.9 Å². The van der Waals surface area contributed by atoms with E-state index in [1.165, 1.54) is 11.3 Å². The first-order valence-corrected chi connectivity index (χ1v) is 8.52. The van der Waals surface area contributed by atoms with Crippen LogP contribution in [0.3, 0.4) is 0 Å². The molecule has 0 fully saturated rings. The molecule has 1 unspecified atom stereocenters. The summed E-state index contributed by atoms with van der Waals surface area (Å²) in [4.78, 5) is 15.3. The first-order valence-electron chi connectivity index (χ1n) is 7.64. The van der Waals surface area contributed by atoms with Gasteiger partial charge in [0.15, 0.2) is 0 Å². The van der Waals surface area contributed by atoms with Gasteiger partial charge in [-0.25, -0.2) is 0 Å². The van der Waals surface area contributed by atoms with Gasteiger partial charge in [0.1, 0.15) is 11.6 Å². The van der Waals surface area contributed by atoms with Crippen molar-refractivity contribution in [2.45, 2.75) is 25.8 Å². The van der Waals surface area contributed by atoms with Gasteiger partial charge in [0.05, 0.1) is 6.04 Å². The van der Waals surface area contributed by atoms with Crippen molar-refractivity contribution < 1.29 is 4.79 Å². The number of hydrogen-bond acceptors (Lipinski definition) is 3. The predicted molar refractivity (Wildman–Crippen MR) is 94.8 cm³/mol. The minimum atomic E-state index is -0.233. The summed E-state index contributed by atoms with van der Waals surface area (Å²) in [6.07, 6.45) is 3.50. The van der Waals surface area contributed by atoms with Crippen molar-refractivity contribution >= 4 is 23.3 Å². The molecule has 118 valence electrons. The van der Waals surface area contributed by atoms with Gasteiger partial charge in [0, 0.05) is 11.9 Å². The molecule has 1 aromatic carbocycles. The molecule has 2 rings (SSSR count). The molecule has 1 atom stereocenters. The molecule has 0 aliphatic rings. The largest absolute Gasteiger partial charge is 0.334 e. The van der Waals surface area contributed by atoms with Crippen LogP contribution in [-0.4, -0.2) is 17.9 Å². The summed E-state index contributed by atoms with van der Waals surface area (Å²) in [5.41, 5.74) is 1.27. The molecular formula is C19H20N2OS. The number of benzene rings is 1. The molecule has 0 N–H and O–H groups in total. The van der Waals surface area contributed by atoms with Gasteiger partial charge in [-0.3, -0.25) is 4.79 Å². The molecule has 1 heterocycles. The molecule has 0 radical (unpaired) electrons. The minimum Gasteiger partial charge on any atom is -0.334 e. The van der Waals surface area contributed by atoms with E-state index in [0.29, 0.717) is 0 Å². The van der Waals surface area contributed by atoms with Gasteiger partial charge in [-0.15, -0.1) is 11.3 Å². The van der Waals surface area contributed by atoms with Crippen LogP contribution < -0.4 is 0 Å². The van der Waals surface area contributed by atoms with E-state index >= 15 is 0 Å². The summed E-state index contributed by atoms with van der Waals surface area (Å²) >= 11 is 1.51. The molecule has 0 spiro atoms. The van der Waals surface area contributed by atoms with Crippen LogP contribution >= 0.6 is 11.3 Å². The topological polar surface area (TPSA) is 44.1 Å². The number of carbonyl (C=O) groups is 1. The lowest BCUT2D eigenvalue weighted by Gasteiger charge is -2.28. The Morgan fingerprint density at radius 1 is 1.30 bits per heavy atom. The van der Waals surface area contributed by atoms with Crippen molar-refractivity contribution in [3.8, 4) is 6.07 Å². The average molecular weight is 324 g/mol. The number of carbonyl (C=O) groups excluding carboxylic acids is 1. The summed E-state index contributed by atoms with van der Waals surface area (Å²) in [6, 6.07) is 15.8. The standard InChI is InChI=1S/C19H20N2OS/c1-3-8-18(15-9-5-4-6-10-15)21(2)19(22)16(14-20)13-17-11-7-12-23-17/h4-7,9-13,18H,3,8H2,1-2H3/b16-13+. The maximum atomic E-state index is 12.7. The van der Waals surface area contributed by atoms with E-state index in [-0.39, 0.29) is 17.5 Å². The molecule has 0 saturated carbocycles. The van der Waals surface area contributed by atoms with Crippen LogP contribution in [0.5, 0.6) is 0 Å². The van der Waals surface area contributed by atoms with Crippen molar-refractivity contribution in [2.24, 2.45) is 0 Å². The van der Waals surface area contributed by atoms with E-state index in [2.05, 4.69) is 6.92 Å². The van der Waals surface area contributed by atoms with Gasteiger partial charge in [-0.2, -0.15) is 5.26 Å². The van der Waals surface area contributed by atoms with Crippen LogP contribution in [0.1, 0.15) is 36.2 Å². The smallest absolute Gasteiger partial charge is 0.264 e. The second-order valence-corrected chi connectivity index (χ2v) is 6.30. The summed E-state index contributed by atoms with van der Waals surface area (Å²) in [6.45, 7) is 2.10. The minimum absolute atomic E-state index is 0.0196.